The smallest absolute Gasteiger partial charge is 0.319 e. The predicted octanol–water partition coefficient (Wildman–Crippen LogP) is 1.51. The van der Waals surface area contributed by atoms with Gasteiger partial charge in [0.05, 0.1) is 5.54 Å². The molecule has 90 valence electrons. The normalized spacial score (nSPS) is 11.3. The Kier molecular flexibility index (Phi) is 5.65. The van der Waals surface area contributed by atoms with E-state index in [1.165, 1.54) is 0 Å². The quantitative estimate of drug-likeness (QED) is 0.755. The molecule has 0 aromatic heterocycles. The highest BCUT2D eigenvalue weighted by Gasteiger charge is 2.35. The van der Waals surface area contributed by atoms with Gasteiger partial charge in [0.25, 0.3) is 0 Å². The summed E-state index contributed by atoms with van der Waals surface area (Å²) >= 11 is 0. The number of amides is 2. The molecule has 0 aliphatic rings. The maximum atomic E-state index is 12.0. The molecule has 0 atom stereocenters. The third kappa shape index (κ3) is 2.84. The van der Waals surface area contributed by atoms with Gasteiger partial charge in [0.2, 0.25) is 0 Å². The van der Waals surface area contributed by atoms with Crippen LogP contribution in [0.5, 0.6) is 0 Å². The Hall–Kier alpha value is -0.770. The molecule has 0 spiro atoms. The summed E-state index contributed by atoms with van der Waals surface area (Å²) in [6.07, 6.45) is 1.79. The third-order valence-electron chi connectivity index (χ3n) is 3.20. The summed E-state index contributed by atoms with van der Waals surface area (Å²) in [5.74, 6) is 0. The number of urea groups is 1. The Morgan fingerprint density at radius 2 is 1.67 bits per heavy atom. The summed E-state index contributed by atoms with van der Waals surface area (Å²) in [6, 6.07) is 0.0478. The van der Waals surface area contributed by atoms with Crippen LogP contribution in [0.4, 0.5) is 4.79 Å². The summed E-state index contributed by atoms with van der Waals surface area (Å²) in [5.41, 5.74) is 5.65. The second-order valence-electron chi connectivity index (χ2n) is 4.06. The van der Waals surface area contributed by atoms with Crippen molar-refractivity contribution in [2.45, 2.75) is 39.2 Å². The van der Waals surface area contributed by atoms with Crippen molar-refractivity contribution in [2.24, 2.45) is 5.73 Å². The lowest BCUT2D eigenvalue weighted by Crippen LogP contribution is -2.58. The molecule has 0 saturated carbocycles. The van der Waals surface area contributed by atoms with E-state index in [2.05, 4.69) is 13.8 Å². The van der Waals surface area contributed by atoms with E-state index in [0.717, 1.165) is 12.8 Å². The third-order valence-corrected chi connectivity index (χ3v) is 3.20. The van der Waals surface area contributed by atoms with Crippen molar-refractivity contribution in [3.8, 4) is 0 Å². The molecular formula is C11H25N3O. The van der Waals surface area contributed by atoms with Gasteiger partial charge >= 0.3 is 6.03 Å². The molecular weight excluding hydrogens is 190 g/mol. The summed E-state index contributed by atoms with van der Waals surface area (Å²) in [6.45, 7) is 7.39. The Labute approximate surface area is 93.4 Å². The maximum Gasteiger partial charge on any atom is 0.319 e. The molecule has 0 rings (SSSR count). The van der Waals surface area contributed by atoms with Gasteiger partial charge in [-0.2, -0.15) is 0 Å². The van der Waals surface area contributed by atoms with E-state index in [4.69, 9.17) is 5.73 Å². The SMILES string of the molecule is CCN(C(=O)N(C)C)C(CC)(CC)CN. The monoisotopic (exact) mass is 215 g/mol. The topological polar surface area (TPSA) is 49.6 Å². The van der Waals surface area contributed by atoms with Crippen LogP contribution in [0.25, 0.3) is 0 Å². The fraction of sp³-hybridized carbons (Fsp3) is 0.909. The minimum atomic E-state index is -0.184. The van der Waals surface area contributed by atoms with Gasteiger partial charge in [0.15, 0.2) is 0 Å². The minimum Gasteiger partial charge on any atom is -0.331 e. The number of hydrogen-bond donors (Lipinski definition) is 1. The molecule has 15 heavy (non-hydrogen) atoms. The Bertz CT molecular complexity index is 192. The average Bonchev–Trinajstić information content (AvgIpc) is 2.25. The van der Waals surface area contributed by atoms with Crippen molar-refractivity contribution in [3.63, 3.8) is 0 Å². The number of nitrogens with two attached hydrogens (primary N) is 1. The highest BCUT2D eigenvalue weighted by atomic mass is 16.2. The first-order valence-electron chi connectivity index (χ1n) is 5.68. The van der Waals surface area contributed by atoms with Crippen molar-refractivity contribution in [2.75, 3.05) is 27.2 Å². The van der Waals surface area contributed by atoms with Crippen molar-refractivity contribution in [1.82, 2.24) is 9.80 Å². The molecule has 0 aromatic carbocycles. The van der Waals surface area contributed by atoms with Crippen LogP contribution in [-0.2, 0) is 0 Å². The zero-order valence-corrected chi connectivity index (χ0v) is 10.7. The van der Waals surface area contributed by atoms with E-state index in [-0.39, 0.29) is 11.6 Å². The molecule has 4 nitrogen and oxygen atoms in total. The molecule has 0 fully saturated rings. The second kappa shape index (κ2) is 5.95. The van der Waals surface area contributed by atoms with Gasteiger partial charge < -0.3 is 15.5 Å². The first kappa shape index (κ1) is 14.2. The molecule has 0 aromatic rings. The molecule has 2 amide bonds. The fourth-order valence-corrected chi connectivity index (χ4v) is 1.95. The number of likely N-dealkylation sites (N-methyl/N-ethyl adjacent to an activating group) is 1. The molecule has 0 aliphatic heterocycles. The van der Waals surface area contributed by atoms with Crippen LogP contribution < -0.4 is 5.73 Å². The van der Waals surface area contributed by atoms with Crippen molar-refractivity contribution in [3.05, 3.63) is 0 Å². The summed E-state index contributed by atoms with van der Waals surface area (Å²) in [5, 5.41) is 0. The number of carbonyl (C=O) groups excluding carboxylic acids is 1. The maximum absolute atomic E-state index is 12.0. The van der Waals surface area contributed by atoms with E-state index < -0.39 is 0 Å². The highest BCUT2D eigenvalue weighted by Crippen LogP contribution is 2.23. The lowest BCUT2D eigenvalue weighted by Gasteiger charge is -2.43. The lowest BCUT2D eigenvalue weighted by atomic mass is 9.91. The Morgan fingerprint density at radius 1 is 1.20 bits per heavy atom. The Morgan fingerprint density at radius 3 is 1.87 bits per heavy atom. The number of nitrogens with zero attached hydrogens (tertiary/aromatic N) is 2. The van der Waals surface area contributed by atoms with Crippen LogP contribution in [0.2, 0.25) is 0 Å². The van der Waals surface area contributed by atoms with Gasteiger partial charge in [-0.1, -0.05) is 13.8 Å². The number of hydrogen-bond acceptors (Lipinski definition) is 2. The predicted molar refractivity (Wildman–Crippen MR) is 63.8 cm³/mol. The zero-order valence-electron chi connectivity index (χ0n) is 10.7. The van der Waals surface area contributed by atoms with E-state index >= 15 is 0 Å². The molecule has 0 unspecified atom stereocenters. The standard InChI is InChI=1S/C11H25N3O/c1-6-11(7-2,9-12)14(8-3)10(15)13(4)5/h6-9,12H2,1-5H3. The van der Waals surface area contributed by atoms with Crippen LogP contribution >= 0.6 is 0 Å². The van der Waals surface area contributed by atoms with E-state index in [1.54, 1.807) is 19.0 Å². The highest BCUT2D eigenvalue weighted by molar-refractivity contribution is 5.74. The minimum absolute atomic E-state index is 0.0478. The van der Waals surface area contributed by atoms with Crippen LogP contribution in [0.15, 0.2) is 0 Å². The van der Waals surface area contributed by atoms with Crippen LogP contribution in [0, 0.1) is 0 Å². The van der Waals surface area contributed by atoms with Gasteiger partial charge in [-0.25, -0.2) is 4.79 Å². The van der Waals surface area contributed by atoms with Crippen molar-refractivity contribution < 1.29 is 4.79 Å². The largest absolute Gasteiger partial charge is 0.331 e. The van der Waals surface area contributed by atoms with Gasteiger partial charge in [-0.3, -0.25) is 0 Å². The molecule has 0 heterocycles. The first-order chi connectivity index (χ1) is 6.98. The molecule has 0 saturated heterocycles. The summed E-state index contributed by atoms with van der Waals surface area (Å²) in [7, 11) is 3.55. The van der Waals surface area contributed by atoms with Gasteiger partial charge in [-0.15, -0.1) is 0 Å². The van der Waals surface area contributed by atoms with Crippen molar-refractivity contribution >= 4 is 6.03 Å². The first-order valence-corrected chi connectivity index (χ1v) is 5.68. The molecule has 0 aliphatic carbocycles. The average molecular weight is 215 g/mol. The van der Waals surface area contributed by atoms with Crippen molar-refractivity contribution in [1.29, 1.82) is 0 Å². The fourth-order valence-electron chi connectivity index (χ4n) is 1.95. The van der Waals surface area contributed by atoms with E-state index in [0.29, 0.717) is 13.1 Å². The molecule has 2 N–H and O–H groups in total. The van der Waals surface area contributed by atoms with Crippen LogP contribution in [0.3, 0.4) is 0 Å². The Balaban J connectivity index is 4.97. The summed E-state index contributed by atoms with van der Waals surface area (Å²) in [4.78, 5) is 15.5. The number of rotatable bonds is 5. The molecule has 4 heteroatoms. The second-order valence-corrected chi connectivity index (χ2v) is 4.06. The molecule has 0 radical (unpaired) electrons. The zero-order chi connectivity index (χ0) is 12.1. The van der Waals surface area contributed by atoms with Gasteiger partial charge in [-0.05, 0) is 19.8 Å². The number of carbonyl (C=O) groups is 1. The van der Waals surface area contributed by atoms with Crippen LogP contribution in [0.1, 0.15) is 33.6 Å². The van der Waals surface area contributed by atoms with Crippen LogP contribution in [-0.4, -0.2) is 48.6 Å². The lowest BCUT2D eigenvalue weighted by molar-refractivity contribution is 0.0950. The molecule has 0 bridgehead atoms. The summed E-state index contributed by atoms with van der Waals surface area (Å²) < 4.78 is 0. The van der Waals surface area contributed by atoms with Gasteiger partial charge in [0, 0.05) is 27.2 Å². The van der Waals surface area contributed by atoms with Gasteiger partial charge in [0.1, 0.15) is 0 Å². The van der Waals surface area contributed by atoms with E-state index in [1.807, 2.05) is 11.8 Å². The van der Waals surface area contributed by atoms with E-state index in [9.17, 15) is 4.79 Å².